The minimum absolute atomic E-state index is 0.187. The van der Waals surface area contributed by atoms with E-state index in [0.717, 1.165) is 5.56 Å². The molecule has 0 atom stereocenters. The zero-order valence-electron chi connectivity index (χ0n) is 14.4. The van der Waals surface area contributed by atoms with E-state index in [4.69, 9.17) is 5.73 Å². The molecular weight excluding hydrogens is 343 g/mol. The lowest BCUT2D eigenvalue weighted by Crippen LogP contribution is -2.23. The maximum atomic E-state index is 13.1. The van der Waals surface area contributed by atoms with Gasteiger partial charge in [0.2, 0.25) is 5.95 Å². The summed E-state index contributed by atoms with van der Waals surface area (Å²) in [6.45, 7) is 0.396. The van der Waals surface area contributed by atoms with Crippen LogP contribution in [0.15, 0.2) is 77.6 Å². The monoisotopic (exact) mass is 360 g/mol. The first kappa shape index (κ1) is 16.8. The summed E-state index contributed by atoms with van der Waals surface area (Å²) in [6.07, 6.45) is 0. The summed E-state index contributed by atoms with van der Waals surface area (Å²) < 4.78 is 14.6. The van der Waals surface area contributed by atoms with Crippen LogP contribution < -0.4 is 16.6 Å². The smallest absolute Gasteiger partial charge is 0.267 e. The highest BCUT2D eigenvalue weighted by Gasteiger charge is 2.12. The summed E-state index contributed by atoms with van der Waals surface area (Å²) in [7, 11) is 0. The quantitative estimate of drug-likeness (QED) is 0.544. The number of para-hydroxylation sites is 1. The first-order valence-electron chi connectivity index (χ1n) is 8.48. The fraction of sp³-hybridized carbons (Fsp3) is 0.0476. The zero-order chi connectivity index (χ0) is 18.8. The Hall–Kier alpha value is -3.67. The van der Waals surface area contributed by atoms with Crippen LogP contribution in [0.2, 0.25) is 0 Å². The van der Waals surface area contributed by atoms with Crippen LogP contribution in [0, 0.1) is 5.82 Å². The molecule has 5 nitrogen and oxygen atoms in total. The van der Waals surface area contributed by atoms with Crippen molar-refractivity contribution in [1.29, 1.82) is 0 Å². The van der Waals surface area contributed by atoms with Gasteiger partial charge in [-0.1, -0.05) is 30.3 Å². The fourth-order valence-electron chi connectivity index (χ4n) is 2.94. The van der Waals surface area contributed by atoms with Crippen molar-refractivity contribution < 1.29 is 4.39 Å². The number of hydrogen-bond acceptors (Lipinski definition) is 4. The van der Waals surface area contributed by atoms with Gasteiger partial charge in [-0.15, -0.1) is 0 Å². The molecule has 3 aromatic carbocycles. The van der Waals surface area contributed by atoms with Crippen LogP contribution in [0.25, 0.3) is 16.6 Å². The minimum Gasteiger partial charge on any atom is -0.399 e. The van der Waals surface area contributed by atoms with E-state index in [1.165, 1.54) is 16.7 Å². The standard InChI is InChI=1S/C21H17FN4O/c22-15-10-8-14(9-11-15)13-24-21-25-19-7-2-1-6-18(19)20(27)26(21)17-5-3-4-16(23)12-17/h1-12H,13,23H2,(H,24,25). The Morgan fingerprint density at radius 3 is 2.56 bits per heavy atom. The molecule has 0 saturated heterocycles. The summed E-state index contributed by atoms with van der Waals surface area (Å²) >= 11 is 0. The molecule has 1 aromatic heterocycles. The van der Waals surface area contributed by atoms with Gasteiger partial charge in [-0.25, -0.2) is 13.9 Å². The summed E-state index contributed by atoms with van der Waals surface area (Å²) in [5.41, 5.74) is 8.36. The van der Waals surface area contributed by atoms with Gasteiger partial charge in [0.05, 0.1) is 16.6 Å². The van der Waals surface area contributed by atoms with Gasteiger partial charge < -0.3 is 11.1 Å². The Balaban J connectivity index is 1.83. The van der Waals surface area contributed by atoms with Crippen LogP contribution in [0.3, 0.4) is 0 Å². The summed E-state index contributed by atoms with van der Waals surface area (Å²) in [4.78, 5) is 17.7. The summed E-state index contributed by atoms with van der Waals surface area (Å²) in [6, 6.07) is 20.4. The van der Waals surface area contributed by atoms with Gasteiger partial charge in [-0.05, 0) is 48.0 Å². The van der Waals surface area contributed by atoms with Gasteiger partial charge in [0.15, 0.2) is 0 Å². The number of nitrogens with one attached hydrogen (secondary N) is 1. The molecule has 0 amide bonds. The van der Waals surface area contributed by atoms with Crippen LogP contribution in [-0.4, -0.2) is 9.55 Å². The molecule has 0 spiro atoms. The summed E-state index contributed by atoms with van der Waals surface area (Å²) in [5, 5.41) is 3.71. The average Bonchev–Trinajstić information content (AvgIpc) is 2.68. The van der Waals surface area contributed by atoms with Gasteiger partial charge in [0.1, 0.15) is 5.82 Å². The molecule has 0 saturated carbocycles. The molecule has 4 aromatic rings. The molecule has 0 bridgehead atoms. The van der Waals surface area contributed by atoms with E-state index >= 15 is 0 Å². The maximum Gasteiger partial charge on any atom is 0.267 e. The molecule has 134 valence electrons. The van der Waals surface area contributed by atoms with Crippen molar-refractivity contribution >= 4 is 22.5 Å². The Labute approximate surface area is 154 Å². The molecule has 0 aliphatic rings. The van der Waals surface area contributed by atoms with Crippen LogP contribution in [0.5, 0.6) is 0 Å². The molecule has 1 heterocycles. The molecular formula is C21H17FN4O. The number of aromatic nitrogens is 2. The van der Waals surface area contributed by atoms with Gasteiger partial charge >= 0.3 is 0 Å². The highest BCUT2D eigenvalue weighted by Crippen LogP contribution is 2.18. The third kappa shape index (κ3) is 3.37. The number of rotatable bonds is 4. The van der Waals surface area contributed by atoms with Crippen molar-refractivity contribution in [2.75, 3.05) is 11.1 Å². The SMILES string of the molecule is Nc1cccc(-n2c(NCc3ccc(F)cc3)nc3ccccc3c2=O)c1. The number of nitrogen functional groups attached to an aromatic ring is 1. The van der Waals surface area contributed by atoms with Crippen molar-refractivity contribution in [3.63, 3.8) is 0 Å². The number of nitrogens with two attached hydrogens (primary N) is 1. The Bertz CT molecular complexity index is 1170. The fourth-order valence-corrected chi connectivity index (χ4v) is 2.94. The van der Waals surface area contributed by atoms with E-state index in [1.807, 2.05) is 6.07 Å². The molecule has 0 fully saturated rings. The van der Waals surface area contributed by atoms with E-state index < -0.39 is 0 Å². The van der Waals surface area contributed by atoms with E-state index in [2.05, 4.69) is 10.3 Å². The van der Waals surface area contributed by atoms with Crippen molar-refractivity contribution in [3.8, 4) is 5.69 Å². The van der Waals surface area contributed by atoms with Crippen LogP contribution in [0.4, 0.5) is 16.0 Å². The second kappa shape index (κ2) is 6.92. The van der Waals surface area contributed by atoms with Crippen molar-refractivity contribution in [3.05, 3.63) is 94.5 Å². The Kier molecular flexibility index (Phi) is 4.30. The molecule has 27 heavy (non-hydrogen) atoms. The molecule has 0 aliphatic heterocycles. The maximum absolute atomic E-state index is 13.1. The van der Waals surface area contributed by atoms with Crippen molar-refractivity contribution in [2.45, 2.75) is 6.54 Å². The van der Waals surface area contributed by atoms with E-state index in [1.54, 1.807) is 54.6 Å². The third-order valence-corrected chi connectivity index (χ3v) is 4.27. The van der Waals surface area contributed by atoms with Gasteiger partial charge in [0, 0.05) is 12.2 Å². The average molecular weight is 360 g/mol. The molecule has 0 radical (unpaired) electrons. The van der Waals surface area contributed by atoms with E-state index in [-0.39, 0.29) is 11.4 Å². The number of benzene rings is 3. The predicted octanol–water partition coefficient (Wildman–Crippen LogP) is 3.72. The van der Waals surface area contributed by atoms with Crippen LogP contribution in [0.1, 0.15) is 5.56 Å². The first-order chi connectivity index (χ1) is 13.1. The van der Waals surface area contributed by atoms with E-state index in [9.17, 15) is 9.18 Å². The second-order valence-electron chi connectivity index (χ2n) is 6.17. The Morgan fingerprint density at radius 2 is 1.78 bits per heavy atom. The van der Waals surface area contributed by atoms with Gasteiger partial charge in [-0.3, -0.25) is 4.79 Å². The number of nitrogens with zero attached hydrogens (tertiary/aromatic N) is 2. The number of hydrogen-bond donors (Lipinski definition) is 2. The largest absolute Gasteiger partial charge is 0.399 e. The lowest BCUT2D eigenvalue weighted by atomic mass is 10.2. The highest BCUT2D eigenvalue weighted by atomic mass is 19.1. The summed E-state index contributed by atoms with van der Waals surface area (Å²) in [5.74, 6) is 0.105. The van der Waals surface area contributed by atoms with E-state index in [0.29, 0.717) is 34.8 Å². The normalized spacial score (nSPS) is 10.9. The molecule has 3 N–H and O–H groups in total. The number of fused-ring (bicyclic) bond motifs is 1. The Morgan fingerprint density at radius 1 is 1.00 bits per heavy atom. The van der Waals surface area contributed by atoms with Gasteiger partial charge in [0.25, 0.3) is 5.56 Å². The highest BCUT2D eigenvalue weighted by molar-refractivity contribution is 5.79. The first-order valence-corrected chi connectivity index (χ1v) is 8.48. The predicted molar refractivity (Wildman–Crippen MR) is 105 cm³/mol. The molecule has 0 unspecified atom stereocenters. The minimum atomic E-state index is -0.292. The number of anilines is 2. The molecule has 4 rings (SSSR count). The lowest BCUT2D eigenvalue weighted by molar-refractivity contribution is 0.627. The van der Waals surface area contributed by atoms with Crippen LogP contribution in [-0.2, 0) is 6.54 Å². The second-order valence-corrected chi connectivity index (χ2v) is 6.17. The third-order valence-electron chi connectivity index (χ3n) is 4.27. The molecule has 6 heteroatoms. The lowest BCUT2D eigenvalue weighted by Gasteiger charge is -2.15. The van der Waals surface area contributed by atoms with Gasteiger partial charge in [-0.2, -0.15) is 0 Å². The topological polar surface area (TPSA) is 72.9 Å². The molecule has 0 aliphatic carbocycles. The number of halogens is 1. The zero-order valence-corrected chi connectivity index (χ0v) is 14.4. The van der Waals surface area contributed by atoms with Crippen molar-refractivity contribution in [2.24, 2.45) is 0 Å². The van der Waals surface area contributed by atoms with Crippen molar-refractivity contribution in [1.82, 2.24) is 9.55 Å². The van der Waals surface area contributed by atoms with Crippen LogP contribution >= 0.6 is 0 Å².